The Morgan fingerprint density at radius 3 is 2.61 bits per heavy atom. The summed E-state index contributed by atoms with van der Waals surface area (Å²) in [7, 11) is 0. The second kappa shape index (κ2) is 7.10. The van der Waals surface area contributed by atoms with E-state index in [0.29, 0.717) is 12.0 Å². The van der Waals surface area contributed by atoms with E-state index in [9.17, 15) is 15.0 Å². The van der Waals surface area contributed by atoms with Crippen LogP contribution in [0.25, 0.3) is 0 Å². The zero-order chi connectivity index (χ0) is 13.5. The molecule has 0 amide bonds. The highest BCUT2D eigenvalue weighted by Gasteiger charge is 2.17. The molecule has 5 nitrogen and oxygen atoms in total. The van der Waals surface area contributed by atoms with Crippen LogP contribution >= 0.6 is 0 Å². The molecular formula is C13H18O5. The normalized spacial score (nSPS) is 14.2. The van der Waals surface area contributed by atoms with E-state index in [2.05, 4.69) is 0 Å². The Labute approximate surface area is 105 Å². The first-order chi connectivity index (χ1) is 8.54. The van der Waals surface area contributed by atoms with E-state index in [0.717, 1.165) is 5.56 Å². The lowest BCUT2D eigenvalue weighted by atomic mass is 9.99. The maximum atomic E-state index is 10.5. The lowest BCUT2D eigenvalue weighted by Gasteiger charge is -2.17. The molecule has 0 fully saturated rings. The molecule has 100 valence electrons. The van der Waals surface area contributed by atoms with E-state index in [1.54, 1.807) is 24.3 Å². The molecular weight excluding hydrogens is 236 g/mol. The number of hydrogen-bond donors (Lipinski definition) is 4. The van der Waals surface area contributed by atoms with Gasteiger partial charge in [0.2, 0.25) is 0 Å². The predicted molar refractivity (Wildman–Crippen MR) is 65.1 cm³/mol. The van der Waals surface area contributed by atoms with Crippen LogP contribution in [0.3, 0.4) is 0 Å². The highest BCUT2D eigenvalue weighted by Crippen LogP contribution is 2.20. The summed E-state index contributed by atoms with van der Waals surface area (Å²) in [5.74, 6) is -0.874. The molecule has 0 aliphatic carbocycles. The first-order valence-corrected chi connectivity index (χ1v) is 5.82. The fourth-order valence-corrected chi connectivity index (χ4v) is 1.70. The van der Waals surface area contributed by atoms with Crippen LogP contribution < -0.4 is 0 Å². The molecule has 1 aromatic rings. The summed E-state index contributed by atoms with van der Waals surface area (Å²) in [5, 5.41) is 36.7. The highest BCUT2D eigenvalue weighted by molar-refractivity contribution is 5.67. The van der Waals surface area contributed by atoms with Crippen LogP contribution in [-0.4, -0.2) is 39.1 Å². The first-order valence-electron chi connectivity index (χ1n) is 5.82. The minimum Gasteiger partial charge on any atom is -0.481 e. The van der Waals surface area contributed by atoms with Gasteiger partial charge in [-0.15, -0.1) is 0 Å². The zero-order valence-corrected chi connectivity index (χ0v) is 9.99. The molecule has 4 N–H and O–H groups in total. The Kier molecular flexibility index (Phi) is 5.77. The van der Waals surface area contributed by atoms with Crippen molar-refractivity contribution in [2.75, 3.05) is 6.61 Å². The van der Waals surface area contributed by atoms with Gasteiger partial charge in [0.25, 0.3) is 0 Å². The Morgan fingerprint density at radius 2 is 2.00 bits per heavy atom. The minimum absolute atomic E-state index is 0.0265. The molecule has 0 spiro atoms. The third kappa shape index (κ3) is 4.44. The molecule has 0 heterocycles. The van der Waals surface area contributed by atoms with Gasteiger partial charge in [0.05, 0.1) is 6.10 Å². The molecule has 0 saturated heterocycles. The van der Waals surface area contributed by atoms with Crippen LogP contribution in [-0.2, 0) is 11.2 Å². The van der Waals surface area contributed by atoms with Gasteiger partial charge in [-0.2, -0.15) is 0 Å². The second-order valence-corrected chi connectivity index (χ2v) is 4.16. The van der Waals surface area contributed by atoms with Crippen LogP contribution in [0, 0.1) is 0 Å². The summed E-state index contributed by atoms with van der Waals surface area (Å²) in [6, 6.07) is 6.82. The molecule has 0 radical (unpaired) electrons. The summed E-state index contributed by atoms with van der Waals surface area (Å²) < 4.78 is 0. The number of benzene rings is 1. The van der Waals surface area contributed by atoms with Crippen LogP contribution in [0.4, 0.5) is 0 Å². The molecule has 0 aromatic heterocycles. The first kappa shape index (κ1) is 14.6. The third-order valence-electron chi connectivity index (χ3n) is 2.71. The maximum Gasteiger partial charge on any atom is 0.303 e. The van der Waals surface area contributed by atoms with Crippen molar-refractivity contribution in [2.45, 2.75) is 31.5 Å². The number of carboxylic acids is 1. The molecule has 0 saturated carbocycles. The standard InChI is InChI=1S/C13H18O5/c14-7-6-11(15)13(18)10-3-1-2-9(8-10)4-5-12(16)17/h1-3,8,11,13-15,18H,4-7H2,(H,16,17). The number of aryl methyl sites for hydroxylation is 1. The molecule has 0 bridgehead atoms. The number of aliphatic carboxylic acids is 1. The van der Waals surface area contributed by atoms with Gasteiger partial charge in [-0.3, -0.25) is 4.79 Å². The molecule has 18 heavy (non-hydrogen) atoms. The minimum atomic E-state index is -1.07. The molecule has 2 unspecified atom stereocenters. The van der Waals surface area contributed by atoms with Crippen molar-refractivity contribution in [2.24, 2.45) is 0 Å². The summed E-state index contributed by atoms with van der Waals surface area (Å²) >= 11 is 0. The van der Waals surface area contributed by atoms with E-state index < -0.39 is 18.2 Å². The third-order valence-corrected chi connectivity index (χ3v) is 2.71. The monoisotopic (exact) mass is 254 g/mol. The SMILES string of the molecule is O=C(O)CCc1cccc(C(O)C(O)CCO)c1. The number of hydrogen-bond acceptors (Lipinski definition) is 4. The van der Waals surface area contributed by atoms with Gasteiger partial charge in [0, 0.05) is 13.0 Å². The molecule has 2 atom stereocenters. The molecule has 1 aromatic carbocycles. The van der Waals surface area contributed by atoms with Gasteiger partial charge in [-0.25, -0.2) is 0 Å². The number of aliphatic hydroxyl groups is 3. The van der Waals surface area contributed by atoms with Crippen molar-refractivity contribution in [1.29, 1.82) is 0 Å². The number of carbonyl (C=O) groups is 1. The van der Waals surface area contributed by atoms with E-state index in [4.69, 9.17) is 10.2 Å². The van der Waals surface area contributed by atoms with Gasteiger partial charge in [-0.05, 0) is 24.0 Å². The average Bonchev–Trinajstić information content (AvgIpc) is 2.36. The average molecular weight is 254 g/mol. The lowest BCUT2D eigenvalue weighted by molar-refractivity contribution is -0.136. The van der Waals surface area contributed by atoms with Crippen molar-refractivity contribution >= 4 is 5.97 Å². The molecule has 1 rings (SSSR count). The lowest BCUT2D eigenvalue weighted by Crippen LogP contribution is -2.19. The Hall–Kier alpha value is -1.43. The van der Waals surface area contributed by atoms with Crippen LogP contribution in [0.1, 0.15) is 30.1 Å². The van der Waals surface area contributed by atoms with E-state index in [1.807, 2.05) is 0 Å². The fourth-order valence-electron chi connectivity index (χ4n) is 1.70. The topological polar surface area (TPSA) is 98.0 Å². The van der Waals surface area contributed by atoms with Gasteiger partial charge < -0.3 is 20.4 Å². The Bertz CT molecular complexity index is 391. The van der Waals surface area contributed by atoms with Crippen molar-refractivity contribution in [3.05, 3.63) is 35.4 Å². The number of aliphatic hydroxyl groups excluding tert-OH is 3. The van der Waals surface area contributed by atoms with Crippen molar-refractivity contribution < 1.29 is 25.2 Å². The highest BCUT2D eigenvalue weighted by atomic mass is 16.4. The van der Waals surface area contributed by atoms with E-state index in [1.165, 1.54) is 0 Å². The van der Waals surface area contributed by atoms with Gasteiger partial charge >= 0.3 is 5.97 Å². The second-order valence-electron chi connectivity index (χ2n) is 4.16. The van der Waals surface area contributed by atoms with Gasteiger partial charge in [0.15, 0.2) is 0 Å². The van der Waals surface area contributed by atoms with Crippen molar-refractivity contribution in [3.63, 3.8) is 0 Å². The number of carboxylic acid groups (broad SMARTS) is 1. The smallest absolute Gasteiger partial charge is 0.303 e. The Balaban J connectivity index is 2.71. The van der Waals surface area contributed by atoms with Crippen LogP contribution in [0.5, 0.6) is 0 Å². The summed E-state index contributed by atoms with van der Waals surface area (Å²) in [6.45, 7) is -0.197. The zero-order valence-electron chi connectivity index (χ0n) is 9.99. The van der Waals surface area contributed by atoms with Crippen molar-refractivity contribution in [3.8, 4) is 0 Å². The summed E-state index contributed by atoms with van der Waals surface area (Å²) in [6.07, 6.45) is -1.59. The quantitative estimate of drug-likeness (QED) is 0.567. The van der Waals surface area contributed by atoms with Crippen LogP contribution in [0.2, 0.25) is 0 Å². The summed E-state index contributed by atoms with van der Waals surface area (Å²) in [4.78, 5) is 10.5. The number of rotatable bonds is 7. The summed E-state index contributed by atoms with van der Waals surface area (Å²) in [5.41, 5.74) is 1.32. The largest absolute Gasteiger partial charge is 0.481 e. The predicted octanol–water partition coefficient (Wildman–Crippen LogP) is 0.481. The molecule has 0 aliphatic heterocycles. The van der Waals surface area contributed by atoms with E-state index >= 15 is 0 Å². The van der Waals surface area contributed by atoms with Crippen LogP contribution in [0.15, 0.2) is 24.3 Å². The van der Waals surface area contributed by atoms with Gasteiger partial charge in [-0.1, -0.05) is 24.3 Å². The van der Waals surface area contributed by atoms with Gasteiger partial charge in [0.1, 0.15) is 6.10 Å². The molecule has 5 heteroatoms. The van der Waals surface area contributed by atoms with Crippen molar-refractivity contribution in [1.82, 2.24) is 0 Å². The van der Waals surface area contributed by atoms with E-state index in [-0.39, 0.29) is 19.4 Å². The Morgan fingerprint density at radius 1 is 1.28 bits per heavy atom. The fraction of sp³-hybridized carbons (Fsp3) is 0.462. The molecule has 0 aliphatic rings. The maximum absolute atomic E-state index is 10.5.